The summed E-state index contributed by atoms with van der Waals surface area (Å²) < 4.78 is 8.10. The smallest absolute Gasteiger partial charge is 0.130 e. The average Bonchev–Trinajstić information content (AvgIpc) is 3.15. The van der Waals surface area contributed by atoms with Crippen molar-refractivity contribution >= 4 is 0 Å². The number of aromatic nitrogens is 3. The minimum Gasteiger partial charge on any atom is -0.487 e. The van der Waals surface area contributed by atoms with Crippen molar-refractivity contribution in [1.29, 1.82) is 0 Å². The second-order valence-electron chi connectivity index (χ2n) is 6.50. The van der Waals surface area contributed by atoms with Gasteiger partial charge in [-0.05, 0) is 55.6 Å². The molecule has 0 unspecified atom stereocenters. The van der Waals surface area contributed by atoms with Gasteiger partial charge in [0.15, 0.2) is 0 Å². The molecule has 3 aromatic rings. The molecule has 0 spiro atoms. The molecule has 0 aliphatic rings. The molecule has 136 valence electrons. The van der Waals surface area contributed by atoms with E-state index in [2.05, 4.69) is 45.8 Å². The van der Waals surface area contributed by atoms with Crippen LogP contribution in [-0.4, -0.2) is 21.1 Å². The summed E-state index contributed by atoms with van der Waals surface area (Å²) in [5.41, 5.74) is 4.55. The summed E-state index contributed by atoms with van der Waals surface area (Å²) in [5, 5.41) is 3.51. The van der Waals surface area contributed by atoms with E-state index in [4.69, 9.17) is 4.74 Å². The van der Waals surface area contributed by atoms with Crippen LogP contribution in [-0.2, 0) is 19.7 Å². The molecule has 0 saturated heterocycles. The van der Waals surface area contributed by atoms with Crippen molar-refractivity contribution in [3.63, 3.8) is 0 Å². The van der Waals surface area contributed by atoms with E-state index in [0.717, 1.165) is 48.6 Å². The Balaban J connectivity index is 1.48. The van der Waals surface area contributed by atoms with E-state index in [1.807, 2.05) is 36.9 Å². The molecule has 3 rings (SSSR count). The lowest BCUT2D eigenvalue weighted by atomic mass is 10.1. The van der Waals surface area contributed by atoms with E-state index in [9.17, 15) is 0 Å². The van der Waals surface area contributed by atoms with Crippen LogP contribution in [0.5, 0.6) is 5.75 Å². The maximum absolute atomic E-state index is 6.00. The van der Waals surface area contributed by atoms with Crippen molar-refractivity contribution < 1.29 is 4.74 Å². The van der Waals surface area contributed by atoms with Crippen LogP contribution in [0.3, 0.4) is 0 Å². The zero-order chi connectivity index (χ0) is 18.2. The Kier molecular flexibility index (Phi) is 6.39. The number of benzene rings is 1. The second kappa shape index (κ2) is 9.15. The average molecular weight is 350 g/mol. The third-order valence-electron chi connectivity index (χ3n) is 4.27. The SMILES string of the molecule is Cc1cc(CNCCCn2ccnc2)cc(C)c1OCc1ccccn1. The van der Waals surface area contributed by atoms with Crippen LogP contribution in [0.25, 0.3) is 0 Å². The van der Waals surface area contributed by atoms with E-state index in [-0.39, 0.29) is 0 Å². The molecule has 2 heterocycles. The maximum atomic E-state index is 6.00. The third-order valence-corrected chi connectivity index (χ3v) is 4.27. The van der Waals surface area contributed by atoms with Gasteiger partial charge in [0.25, 0.3) is 0 Å². The molecule has 5 nitrogen and oxygen atoms in total. The first-order valence-electron chi connectivity index (χ1n) is 9.01. The first kappa shape index (κ1) is 18.1. The second-order valence-corrected chi connectivity index (χ2v) is 6.50. The Morgan fingerprint density at radius 3 is 2.65 bits per heavy atom. The molecule has 0 fully saturated rings. The van der Waals surface area contributed by atoms with Gasteiger partial charge in [-0.3, -0.25) is 4.98 Å². The molecule has 0 radical (unpaired) electrons. The summed E-state index contributed by atoms with van der Waals surface area (Å²) in [6, 6.07) is 10.3. The number of aryl methyl sites for hydroxylation is 3. The van der Waals surface area contributed by atoms with Gasteiger partial charge in [0, 0.05) is 31.7 Å². The lowest BCUT2D eigenvalue weighted by molar-refractivity contribution is 0.297. The first-order chi connectivity index (χ1) is 12.7. The monoisotopic (exact) mass is 350 g/mol. The number of nitrogens with one attached hydrogen (secondary N) is 1. The van der Waals surface area contributed by atoms with Crippen molar-refractivity contribution in [2.45, 2.75) is 40.0 Å². The Bertz CT molecular complexity index is 777. The summed E-state index contributed by atoms with van der Waals surface area (Å²) >= 11 is 0. The molecule has 26 heavy (non-hydrogen) atoms. The van der Waals surface area contributed by atoms with Gasteiger partial charge < -0.3 is 14.6 Å². The van der Waals surface area contributed by atoms with Crippen molar-refractivity contribution in [2.24, 2.45) is 0 Å². The molecule has 5 heteroatoms. The Morgan fingerprint density at radius 2 is 1.96 bits per heavy atom. The summed E-state index contributed by atoms with van der Waals surface area (Å²) in [6.45, 7) is 7.53. The zero-order valence-electron chi connectivity index (χ0n) is 15.5. The first-order valence-corrected chi connectivity index (χ1v) is 9.01. The highest BCUT2D eigenvalue weighted by atomic mass is 16.5. The van der Waals surface area contributed by atoms with Crippen molar-refractivity contribution in [2.75, 3.05) is 6.54 Å². The number of imidazole rings is 1. The molecule has 0 aliphatic carbocycles. The Morgan fingerprint density at radius 1 is 1.12 bits per heavy atom. The Hall–Kier alpha value is -2.66. The van der Waals surface area contributed by atoms with Crippen molar-refractivity contribution in [3.05, 3.63) is 77.6 Å². The van der Waals surface area contributed by atoms with Gasteiger partial charge in [-0.15, -0.1) is 0 Å². The van der Waals surface area contributed by atoms with Gasteiger partial charge in [0.05, 0.1) is 12.0 Å². The number of hydrogen-bond donors (Lipinski definition) is 1. The topological polar surface area (TPSA) is 52.0 Å². The third kappa shape index (κ3) is 5.17. The lowest BCUT2D eigenvalue weighted by Gasteiger charge is -2.14. The predicted octanol–water partition coefficient (Wildman–Crippen LogP) is 3.65. The summed E-state index contributed by atoms with van der Waals surface area (Å²) in [7, 11) is 0. The number of rotatable bonds is 9. The molecule has 0 saturated carbocycles. The number of ether oxygens (including phenoxy) is 1. The van der Waals surface area contributed by atoms with E-state index in [1.54, 1.807) is 6.20 Å². The van der Waals surface area contributed by atoms with Gasteiger partial charge >= 0.3 is 0 Å². The van der Waals surface area contributed by atoms with Gasteiger partial charge in [0.1, 0.15) is 12.4 Å². The highest BCUT2D eigenvalue weighted by molar-refractivity contribution is 5.43. The van der Waals surface area contributed by atoms with Crippen LogP contribution in [0.1, 0.15) is 28.8 Å². The molecule has 2 aromatic heterocycles. The minimum absolute atomic E-state index is 0.494. The van der Waals surface area contributed by atoms with E-state index in [0.29, 0.717) is 6.61 Å². The molecular weight excluding hydrogens is 324 g/mol. The Labute approximate surface area is 155 Å². The molecule has 1 aromatic carbocycles. The molecule has 1 N–H and O–H groups in total. The fourth-order valence-electron chi connectivity index (χ4n) is 3.04. The molecule has 0 bridgehead atoms. The zero-order valence-corrected chi connectivity index (χ0v) is 15.5. The highest BCUT2D eigenvalue weighted by Crippen LogP contribution is 2.25. The molecule has 0 amide bonds. The fraction of sp³-hybridized carbons (Fsp3) is 0.333. The largest absolute Gasteiger partial charge is 0.487 e. The van der Waals surface area contributed by atoms with Gasteiger partial charge in [-0.25, -0.2) is 4.98 Å². The summed E-state index contributed by atoms with van der Waals surface area (Å²) in [6.07, 6.45) is 8.54. The van der Waals surface area contributed by atoms with E-state index in [1.165, 1.54) is 5.56 Å². The number of hydrogen-bond acceptors (Lipinski definition) is 4. The van der Waals surface area contributed by atoms with Crippen LogP contribution >= 0.6 is 0 Å². The quantitative estimate of drug-likeness (QED) is 0.599. The van der Waals surface area contributed by atoms with E-state index < -0.39 is 0 Å². The molecule has 0 aliphatic heterocycles. The van der Waals surface area contributed by atoms with Crippen molar-refractivity contribution in [1.82, 2.24) is 19.9 Å². The summed E-state index contributed by atoms with van der Waals surface area (Å²) in [4.78, 5) is 8.36. The standard InChI is InChI=1S/C21H26N4O/c1-17-12-19(14-22-7-5-10-25-11-9-23-16-25)13-18(2)21(17)26-15-20-6-3-4-8-24-20/h3-4,6,8-9,11-13,16,22H,5,7,10,14-15H2,1-2H3. The molecular formula is C21H26N4O. The maximum Gasteiger partial charge on any atom is 0.130 e. The van der Waals surface area contributed by atoms with Crippen LogP contribution in [0.2, 0.25) is 0 Å². The normalized spacial score (nSPS) is 10.8. The highest BCUT2D eigenvalue weighted by Gasteiger charge is 2.07. The number of pyridine rings is 1. The van der Waals surface area contributed by atoms with Crippen LogP contribution in [0.15, 0.2) is 55.2 Å². The van der Waals surface area contributed by atoms with Crippen LogP contribution < -0.4 is 10.1 Å². The van der Waals surface area contributed by atoms with Gasteiger partial charge in [-0.2, -0.15) is 0 Å². The fourth-order valence-corrected chi connectivity index (χ4v) is 3.04. The molecule has 0 atom stereocenters. The predicted molar refractivity (Wildman–Crippen MR) is 103 cm³/mol. The van der Waals surface area contributed by atoms with Crippen LogP contribution in [0.4, 0.5) is 0 Å². The lowest BCUT2D eigenvalue weighted by Crippen LogP contribution is -2.16. The van der Waals surface area contributed by atoms with E-state index >= 15 is 0 Å². The van der Waals surface area contributed by atoms with Crippen LogP contribution in [0, 0.1) is 13.8 Å². The minimum atomic E-state index is 0.494. The van der Waals surface area contributed by atoms with Gasteiger partial charge in [0.2, 0.25) is 0 Å². The van der Waals surface area contributed by atoms with Gasteiger partial charge in [-0.1, -0.05) is 18.2 Å². The van der Waals surface area contributed by atoms with Crippen molar-refractivity contribution in [3.8, 4) is 5.75 Å². The number of nitrogens with zero attached hydrogens (tertiary/aromatic N) is 3. The summed E-state index contributed by atoms with van der Waals surface area (Å²) in [5.74, 6) is 0.958.